The molecule has 0 aliphatic heterocycles. The number of hydrogen-bond donors (Lipinski definition) is 0. The van der Waals surface area contributed by atoms with E-state index in [4.69, 9.17) is 4.74 Å². The molecule has 1 fully saturated rings. The van der Waals surface area contributed by atoms with Gasteiger partial charge >= 0.3 is 0 Å². The average Bonchev–Trinajstić information content (AvgIpc) is 2.31. The summed E-state index contributed by atoms with van der Waals surface area (Å²) < 4.78 is 5.43. The highest BCUT2D eigenvalue weighted by atomic mass is 16.5. The minimum absolute atomic E-state index is 0.220. The van der Waals surface area contributed by atoms with Crippen LogP contribution in [-0.4, -0.2) is 19.5 Å². The fourth-order valence-electron chi connectivity index (χ4n) is 3.54. The third-order valence-corrected chi connectivity index (χ3v) is 4.88. The Labute approximate surface area is 112 Å². The highest BCUT2D eigenvalue weighted by Crippen LogP contribution is 2.47. The van der Waals surface area contributed by atoms with Crippen molar-refractivity contribution in [1.29, 1.82) is 0 Å². The van der Waals surface area contributed by atoms with Crippen molar-refractivity contribution in [3.05, 3.63) is 0 Å². The molecule has 0 aromatic carbocycles. The quantitative estimate of drug-likeness (QED) is 0.714. The number of carbonyl (C=O) groups excluding carboxylic acids is 1. The second-order valence-electron chi connectivity index (χ2n) is 6.56. The van der Waals surface area contributed by atoms with Gasteiger partial charge in [0, 0.05) is 13.5 Å². The normalized spacial score (nSPS) is 32.8. The molecule has 0 bridgehead atoms. The summed E-state index contributed by atoms with van der Waals surface area (Å²) in [4.78, 5) is 12.8. The van der Waals surface area contributed by atoms with Gasteiger partial charge in [-0.3, -0.25) is 4.79 Å². The van der Waals surface area contributed by atoms with Gasteiger partial charge in [-0.05, 0) is 37.0 Å². The first-order valence-corrected chi connectivity index (χ1v) is 7.47. The molecular formula is C16H30O2. The van der Waals surface area contributed by atoms with Crippen LogP contribution in [0.5, 0.6) is 0 Å². The Morgan fingerprint density at radius 3 is 2.28 bits per heavy atom. The van der Waals surface area contributed by atoms with Crippen molar-refractivity contribution < 1.29 is 9.53 Å². The summed E-state index contributed by atoms with van der Waals surface area (Å²) in [5.41, 5.74) is -0.220. The van der Waals surface area contributed by atoms with E-state index >= 15 is 0 Å². The molecular weight excluding hydrogens is 224 g/mol. The number of ether oxygens (including phenoxy) is 1. The molecule has 2 atom stereocenters. The largest absolute Gasteiger partial charge is 0.384 e. The van der Waals surface area contributed by atoms with E-state index in [1.807, 2.05) is 0 Å². The fraction of sp³-hybridized carbons (Fsp3) is 0.938. The lowest BCUT2D eigenvalue weighted by Crippen LogP contribution is -2.49. The van der Waals surface area contributed by atoms with E-state index in [-0.39, 0.29) is 5.41 Å². The monoisotopic (exact) mass is 254 g/mol. The summed E-state index contributed by atoms with van der Waals surface area (Å²) in [6.07, 6.45) is 5.31. The molecule has 0 spiro atoms. The SMILES string of the molecule is COCC1(C(=O)CCC(C)C)C(C)CCCC1C. The predicted molar refractivity (Wildman–Crippen MR) is 75.6 cm³/mol. The van der Waals surface area contributed by atoms with E-state index in [0.717, 1.165) is 12.8 Å². The third kappa shape index (κ3) is 3.14. The van der Waals surface area contributed by atoms with Crippen molar-refractivity contribution in [2.24, 2.45) is 23.2 Å². The summed E-state index contributed by atoms with van der Waals surface area (Å²) in [5.74, 6) is 1.96. The molecule has 1 aliphatic rings. The Bertz CT molecular complexity index is 260. The maximum atomic E-state index is 12.8. The van der Waals surface area contributed by atoms with Crippen LogP contribution in [0.15, 0.2) is 0 Å². The minimum atomic E-state index is -0.220. The molecule has 2 unspecified atom stereocenters. The predicted octanol–water partition coefficient (Wildman–Crippen LogP) is 4.08. The standard InChI is InChI=1S/C16H30O2/c1-12(2)9-10-15(17)16(11-18-5)13(3)7-6-8-14(16)4/h12-14H,6-11H2,1-5H3. The number of ketones is 1. The summed E-state index contributed by atoms with van der Waals surface area (Å²) >= 11 is 0. The van der Waals surface area contributed by atoms with Gasteiger partial charge in [-0.15, -0.1) is 0 Å². The number of Topliss-reactive ketones (excluding diaryl/α,β-unsaturated/α-hetero) is 1. The first kappa shape index (κ1) is 15.7. The Balaban J connectivity index is 2.86. The van der Waals surface area contributed by atoms with Gasteiger partial charge in [0.2, 0.25) is 0 Å². The van der Waals surface area contributed by atoms with E-state index in [2.05, 4.69) is 27.7 Å². The van der Waals surface area contributed by atoms with E-state index < -0.39 is 0 Å². The summed E-state index contributed by atoms with van der Waals surface area (Å²) in [6.45, 7) is 9.45. The first-order chi connectivity index (χ1) is 8.45. The lowest BCUT2D eigenvalue weighted by atomic mass is 9.58. The van der Waals surface area contributed by atoms with Gasteiger partial charge in [-0.25, -0.2) is 0 Å². The van der Waals surface area contributed by atoms with Gasteiger partial charge in [0.25, 0.3) is 0 Å². The highest BCUT2D eigenvalue weighted by Gasteiger charge is 2.48. The van der Waals surface area contributed by atoms with E-state index in [1.165, 1.54) is 19.3 Å². The number of hydrogen-bond acceptors (Lipinski definition) is 2. The van der Waals surface area contributed by atoms with Crippen LogP contribution in [-0.2, 0) is 9.53 Å². The molecule has 0 aromatic heterocycles. The van der Waals surface area contributed by atoms with Gasteiger partial charge in [-0.2, -0.15) is 0 Å². The van der Waals surface area contributed by atoms with E-state index in [0.29, 0.717) is 30.1 Å². The maximum absolute atomic E-state index is 12.8. The fourth-order valence-corrected chi connectivity index (χ4v) is 3.54. The zero-order valence-electron chi connectivity index (χ0n) is 12.8. The van der Waals surface area contributed by atoms with Crippen LogP contribution in [0.25, 0.3) is 0 Å². The molecule has 0 N–H and O–H groups in total. The molecule has 1 aliphatic carbocycles. The van der Waals surface area contributed by atoms with Gasteiger partial charge < -0.3 is 4.74 Å². The number of carbonyl (C=O) groups is 1. The van der Waals surface area contributed by atoms with E-state index in [1.54, 1.807) is 7.11 Å². The summed E-state index contributed by atoms with van der Waals surface area (Å²) in [6, 6.07) is 0. The average molecular weight is 254 g/mol. The molecule has 2 heteroatoms. The summed E-state index contributed by atoms with van der Waals surface area (Å²) in [5, 5.41) is 0. The molecule has 0 radical (unpaired) electrons. The Morgan fingerprint density at radius 1 is 1.28 bits per heavy atom. The van der Waals surface area contributed by atoms with Crippen LogP contribution in [0.1, 0.15) is 59.8 Å². The molecule has 106 valence electrons. The van der Waals surface area contributed by atoms with Crippen molar-refractivity contribution in [3.63, 3.8) is 0 Å². The molecule has 0 amide bonds. The molecule has 0 aromatic rings. The van der Waals surface area contributed by atoms with Crippen molar-refractivity contribution >= 4 is 5.78 Å². The second-order valence-corrected chi connectivity index (χ2v) is 6.56. The van der Waals surface area contributed by atoms with Gasteiger partial charge in [0.15, 0.2) is 0 Å². The lowest BCUT2D eigenvalue weighted by molar-refractivity contribution is -0.144. The number of rotatable bonds is 6. The number of methoxy groups -OCH3 is 1. The zero-order valence-corrected chi connectivity index (χ0v) is 12.8. The molecule has 1 rings (SSSR count). The Morgan fingerprint density at radius 2 is 1.83 bits per heavy atom. The van der Waals surface area contributed by atoms with Gasteiger partial charge in [0.1, 0.15) is 5.78 Å². The molecule has 0 heterocycles. The van der Waals surface area contributed by atoms with Crippen LogP contribution < -0.4 is 0 Å². The van der Waals surface area contributed by atoms with Crippen molar-refractivity contribution in [3.8, 4) is 0 Å². The Kier molecular flexibility index (Phi) is 5.84. The highest BCUT2D eigenvalue weighted by molar-refractivity contribution is 5.85. The molecule has 2 nitrogen and oxygen atoms in total. The van der Waals surface area contributed by atoms with Crippen molar-refractivity contribution in [2.45, 2.75) is 59.8 Å². The molecule has 0 saturated heterocycles. The van der Waals surface area contributed by atoms with Crippen LogP contribution in [0.3, 0.4) is 0 Å². The zero-order chi connectivity index (χ0) is 13.8. The van der Waals surface area contributed by atoms with E-state index in [9.17, 15) is 4.79 Å². The van der Waals surface area contributed by atoms with Gasteiger partial charge in [-0.1, -0.05) is 34.1 Å². The summed E-state index contributed by atoms with van der Waals surface area (Å²) in [7, 11) is 1.73. The van der Waals surface area contributed by atoms with Crippen molar-refractivity contribution in [2.75, 3.05) is 13.7 Å². The van der Waals surface area contributed by atoms with Crippen molar-refractivity contribution in [1.82, 2.24) is 0 Å². The molecule has 18 heavy (non-hydrogen) atoms. The second kappa shape index (κ2) is 6.70. The Hall–Kier alpha value is -0.370. The van der Waals surface area contributed by atoms with Crippen LogP contribution in [0.4, 0.5) is 0 Å². The van der Waals surface area contributed by atoms with Gasteiger partial charge in [0.05, 0.1) is 12.0 Å². The first-order valence-electron chi connectivity index (χ1n) is 7.47. The molecule has 1 saturated carbocycles. The minimum Gasteiger partial charge on any atom is -0.384 e. The van der Waals surface area contributed by atoms with Crippen LogP contribution in [0, 0.1) is 23.2 Å². The lowest BCUT2D eigenvalue weighted by Gasteiger charge is -2.46. The van der Waals surface area contributed by atoms with Crippen LogP contribution in [0.2, 0.25) is 0 Å². The topological polar surface area (TPSA) is 26.3 Å². The third-order valence-electron chi connectivity index (χ3n) is 4.88. The smallest absolute Gasteiger partial charge is 0.141 e. The van der Waals surface area contributed by atoms with Crippen LogP contribution >= 0.6 is 0 Å². The maximum Gasteiger partial charge on any atom is 0.141 e.